The van der Waals surface area contributed by atoms with Gasteiger partial charge in [-0.15, -0.1) is 12.4 Å². The Hall–Kier alpha value is -1.10. The largest absolute Gasteiger partial charge is 0.354 e. The van der Waals surface area contributed by atoms with Crippen LogP contribution in [0.3, 0.4) is 0 Å². The zero-order chi connectivity index (χ0) is 17.5. The van der Waals surface area contributed by atoms with E-state index < -0.39 is 0 Å². The molecular formula is C20H34ClN3O. The lowest BCUT2D eigenvalue weighted by Crippen LogP contribution is -2.47. The topological polar surface area (TPSA) is 35.6 Å². The first-order valence-electron chi connectivity index (χ1n) is 9.23. The minimum Gasteiger partial charge on any atom is -0.354 e. The van der Waals surface area contributed by atoms with Crippen molar-refractivity contribution in [2.75, 3.05) is 46.3 Å². The Bertz CT molecular complexity index is 510. The highest BCUT2D eigenvalue weighted by molar-refractivity contribution is 5.85. The van der Waals surface area contributed by atoms with E-state index >= 15 is 0 Å². The van der Waals surface area contributed by atoms with Gasteiger partial charge < -0.3 is 10.2 Å². The quantitative estimate of drug-likeness (QED) is 0.804. The number of rotatable bonds is 7. The predicted octanol–water partition coefficient (Wildman–Crippen LogP) is 2.77. The summed E-state index contributed by atoms with van der Waals surface area (Å²) in [6.07, 6.45) is 1.09. The van der Waals surface area contributed by atoms with Gasteiger partial charge in [-0.2, -0.15) is 0 Å². The highest BCUT2D eigenvalue weighted by Crippen LogP contribution is 2.17. The van der Waals surface area contributed by atoms with Crippen LogP contribution in [0.4, 0.5) is 0 Å². The van der Waals surface area contributed by atoms with E-state index in [-0.39, 0.29) is 24.2 Å². The van der Waals surface area contributed by atoms with Crippen LogP contribution in [0.1, 0.15) is 37.8 Å². The van der Waals surface area contributed by atoms with Crippen LogP contribution in [0, 0.1) is 5.92 Å². The monoisotopic (exact) mass is 367 g/mol. The van der Waals surface area contributed by atoms with Gasteiger partial charge in [0.25, 0.3) is 0 Å². The molecule has 1 amide bonds. The summed E-state index contributed by atoms with van der Waals surface area (Å²) in [4.78, 5) is 17.1. The molecule has 1 saturated heterocycles. The van der Waals surface area contributed by atoms with Crippen molar-refractivity contribution < 1.29 is 4.79 Å². The summed E-state index contributed by atoms with van der Waals surface area (Å²) in [6, 6.07) is 8.51. The molecule has 0 unspecified atom stereocenters. The third kappa shape index (κ3) is 7.35. The van der Waals surface area contributed by atoms with Crippen LogP contribution in [0.2, 0.25) is 0 Å². The van der Waals surface area contributed by atoms with Crippen molar-refractivity contribution >= 4 is 18.3 Å². The highest BCUT2D eigenvalue weighted by Gasteiger charge is 2.16. The molecule has 1 aliphatic heterocycles. The lowest BCUT2D eigenvalue weighted by Gasteiger charge is -2.32. The molecule has 0 bridgehead atoms. The maximum atomic E-state index is 12.4. The standard InChI is InChI=1S/C20H33N3O.ClH/c1-16(2)15-18-5-7-19(8-6-18)17(3)20(24)21-9-10-23-13-11-22(4)12-14-23;/h5-8,16-17H,9-15H2,1-4H3,(H,21,24);1H/t17-;/m1./s1. The minimum absolute atomic E-state index is 0. The van der Waals surface area contributed by atoms with Crippen molar-refractivity contribution in [3.8, 4) is 0 Å². The number of benzene rings is 1. The first kappa shape index (κ1) is 21.9. The van der Waals surface area contributed by atoms with Gasteiger partial charge in [0.1, 0.15) is 0 Å². The van der Waals surface area contributed by atoms with E-state index in [1.165, 1.54) is 5.56 Å². The van der Waals surface area contributed by atoms with Crippen LogP contribution < -0.4 is 5.32 Å². The average molecular weight is 368 g/mol. The van der Waals surface area contributed by atoms with Gasteiger partial charge in [-0.1, -0.05) is 38.1 Å². The molecule has 0 saturated carbocycles. The Morgan fingerprint density at radius 1 is 1.08 bits per heavy atom. The number of carbonyl (C=O) groups excluding carboxylic acids is 1. The van der Waals surface area contributed by atoms with Crippen LogP contribution in [0.5, 0.6) is 0 Å². The zero-order valence-electron chi connectivity index (χ0n) is 16.1. The van der Waals surface area contributed by atoms with Gasteiger partial charge in [0.05, 0.1) is 5.92 Å². The fourth-order valence-electron chi connectivity index (χ4n) is 3.13. The zero-order valence-corrected chi connectivity index (χ0v) is 16.9. The number of nitrogens with one attached hydrogen (secondary N) is 1. The van der Waals surface area contributed by atoms with Crippen molar-refractivity contribution in [3.05, 3.63) is 35.4 Å². The van der Waals surface area contributed by atoms with E-state index in [1.807, 2.05) is 6.92 Å². The summed E-state index contributed by atoms with van der Waals surface area (Å²) in [5, 5.41) is 3.09. The van der Waals surface area contributed by atoms with Gasteiger partial charge in [0, 0.05) is 39.3 Å². The number of piperazine rings is 1. The van der Waals surface area contributed by atoms with Crippen LogP contribution in [-0.4, -0.2) is 62.0 Å². The molecule has 2 rings (SSSR count). The Labute approximate surface area is 159 Å². The molecule has 1 fully saturated rings. The maximum absolute atomic E-state index is 12.4. The minimum atomic E-state index is -0.0920. The molecule has 1 aliphatic rings. The summed E-state index contributed by atoms with van der Waals surface area (Å²) >= 11 is 0. The lowest BCUT2D eigenvalue weighted by atomic mass is 9.96. The maximum Gasteiger partial charge on any atom is 0.227 e. The SMILES string of the molecule is CC(C)Cc1ccc([C@@H](C)C(=O)NCCN2CCN(C)CC2)cc1.Cl. The first-order chi connectivity index (χ1) is 11.5. The second-order valence-corrected chi connectivity index (χ2v) is 7.50. The second kappa shape index (κ2) is 10.8. The van der Waals surface area contributed by atoms with E-state index in [4.69, 9.17) is 0 Å². The molecule has 142 valence electrons. The van der Waals surface area contributed by atoms with E-state index in [0.29, 0.717) is 5.92 Å². The van der Waals surface area contributed by atoms with Gasteiger partial charge in [-0.3, -0.25) is 9.69 Å². The summed E-state index contributed by atoms with van der Waals surface area (Å²) < 4.78 is 0. The summed E-state index contributed by atoms with van der Waals surface area (Å²) in [7, 11) is 2.16. The summed E-state index contributed by atoms with van der Waals surface area (Å²) in [6.45, 7) is 12.5. The third-order valence-corrected chi connectivity index (χ3v) is 4.84. The van der Waals surface area contributed by atoms with Gasteiger partial charge >= 0.3 is 0 Å². The van der Waals surface area contributed by atoms with Crippen LogP contribution in [-0.2, 0) is 11.2 Å². The second-order valence-electron chi connectivity index (χ2n) is 7.50. The molecule has 1 aromatic carbocycles. The number of nitrogens with zero attached hydrogens (tertiary/aromatic N) is 2. The molecule has 4 nitrogen and oxygen atoms in total. The van der Waals surface area contributed by atoms with E-state index in [0.717, 1.165) is 51.3 Å². The average Bonchev–Trinajstić information content (AvgIpc) is 2.56. The highest BCUT2D eigenvalue weighted by atomic mass is 35.5. The molecule has 0 aromatic heterocycles. The molecule has 0 spiro atoms. The molecule has 5 heteroatoms. The van der Waals surface area contributed by atoms with Crippen molar-refractivity contribution in [3.63, 3.8) is 0 Å². The molecule has 1 aromatic rings. The van der Waals surface area contributed by atoms with E-state index in [1.54, 1.807) is 0 Å². The molecule has 25 heavy (non-hydrogen) atoms. The van der Waals surface area contributed by atoms with Crippen molar-refractivity contribution in [2.45, 2.75) is 33.1 Å². The summed E-state index contributed by atoms with van der Waals surface area (Å²) in [5.74, 6) is 0.692. The predicted molar refractivity (Wildman–Crippen MR) is 108 cm³/mol. The van der Waals surface area contributed by atoms with Gasteiger partial charge in [0.15, 0.2) is 0 Å². The number of carbonyl (C=O) groups is 1. The Morgan fingerprint density at radius 3 is 2.24 bits per heavy atom. The molecule has 0 radical (unpaired) electrons. The molecule has 1 N–H and O–H groups in total. The number of likely N-dealkylation sites (N-methyl/N-ethyl adjacent to an activating group) is 1. The number of hydrogen-bond acceptors (Lipinski definition) is 3. The fraction of sp³-hybridized carbons (Fsp3) is 0.650. The number of amides is 1. The third-order valence-electron chi connectivity index (χ3n) is 4.84. The van der Waals surface area contributed by atoms with E-state index in [9.17, 15) is 4.79 Å². The Balaban J connectivity index is 0.00000312. The first-order valence-corrected chi connectivity index (χ1v) is 9.23. The van der Waals surface area contributed by atoms with Crippen molar-refractivity contribution in [1.82, 2.24) is 15.1 Å². The molecular weight excluding hydrogens is 334 g/mol. The smallest absolute Gasteiger partial charge is 0.227 e. The van der Waals surface area contributed by atoms with Gasteiger partial charge in [-0.25, -0.2) is 0 Å². The Kier molecular flexibility index (Phi) is 9.47. The van der Waals surface area contributed by atoms with Crippen LogP contribution >= 0.6 is 12.4 Å². The lowest BCUT2D eigenvalue weighted by molar-refractivity contribution is -0.122. The van der Waals surface area contributed by atoms with Crippen molar-refractivity contribution in [1.29, 1.82) is 0 Å². The van der Waals surface area contributed by atoms with Crippen LogP contribution in [0.15, 0.2) is 24.3 Å². The normalized spacial score (nSPS) is 17.2. The number of hydrogen-bond donors (Lipinski definition) is 1. The van der Waals surface area contributed by atoms with Crippen LogP contribution in [0.25, 0.3) is 0 Å². The molecule has 0 aliphatic carbocycles. The number of halogens is 1. The van der Waals surface area contributed by atoms with Gasteiger partial charge in [-0.05, 0) is 37.4 Å². The van der Waals surface area contributed by atoms with Crippen molar-refractivity contribution in [2.24, 2.45) is 5.92 Å². The fourth-order valence-corrected chi connectivity index (χ4v) is 3.13. The van der Waals surface area contributed by atoms with Gasteiger partial charge in [0.2, 0.25) is 5.91 Å². The summed E-state index contributed by atoms with van der Waals surface area (Å²) in [5.41, 5.74) is 2.44. The van der Waals surface area contributed by atoms with E-state index in [2.05, 4.69) is 60.3 Å². The Morgan fingerprint density at radius 2 is 1.68 bits per heavy atom. The molecule has 1 atom stereocenters. The molecule has 1 heterocycles.